The van der Waals surface area contributed by atoms with E-state index in [0.29, 0.717) is 5.75 Å². The zero-order valence-corrected chi connectivity index (χ0v) is 9.35. The molecule has 1 aliphatic heterocycles. The van der Waals surface area contributed by atoms with Crippen molar-refractivity contribution in [2.75, 3.05) is 5.75 Å². The van der Waals surface area contributed by atoms with Gasteiger partial charge in [0.15, 0.2) is 9.84 Å². The molecule has 3 nitrogen and oxygen atoms in total. The lowest BCUT2D eigenvalue weighted by atomic mass is 9.79. The third-order valence-corrected chi connectivity index (χ3v) is 6.18. The van der Waals surface area contributed by atoms with E-state index in [4.69, 9.17) is 5.73 Å². The van der Waals surface area contributed by atoms with E-state index < -0.39 is 15.4 Å². The first-order valence-corrected chi connectivity index (χ1v) is 7.27. The van der Waals surface area contributed by atoms with Crippen molar-refractivity contribution < 1.29 is 8.42 Å². The van der Waals surface area contributed by atoms with Gasteiger partial charge >= 0.3 is 0 Å². The smallest absolute Gasteiger partial charge is 0.154 e. The minimum Gasteiger partial charge on any atom is -0.324 e. The van der Waals surface area contributed by atoms with Crippen LogP contribution in [0.3, 0.4) is 0 Å². The summed E-state index contributed by atoms with van der Waals surface area (Å²) in [5.74, 6) is 0.358. The van der Waals surface area contributed by atoms with E-state index in [2.05, 4.69) is 0 Å². The van der Waals surface area contributed by atoms with Gasteiger partial charge in [-0.2, -0.15) is 0 Å². The minimum atomic E-state index is -2.87. The first-order chi connectivity index (χ1) is 6.55. The maximum atomic E-state index is 11.8. The molecule has 1 aliphatic carbocycles. The first-order valence-electron chi connectivity index (χ1n) is 5.55. The van der Waals surface area contributed by atoms with Crippen LogP contribution in [-0.2, 0) is 9.84 Å². The highest BCUT2D eigenvalue weighted by Gasteiger charge is 2.46. The highest BCUT2D eigenvalue weighted by atomic mass is 32.2. The van der Waals surface area contributed by atoms with E-state index in [0.717, 1.165) is 38.5 Å². The summed E-state index contributed by atoms with van der Waals surface area (Å²) in [7, 11) is -2.87. The molecule has 1 atom stereocenters. The zero-order chi connectivity index (χ0) is 10.2. The van der Waals surface area contributed by atoms with Crippen LogP contribution in [-0.4, -0.2) is 25.0 Å². The van der Waals surface area contributed by atoms with Gasteiger partial charge in [0.05, 0.1) is 11.0 Å². The van der Waals surface area contributed by atoms with Crippen molar-refractivity contribution in [1.29, 1.82) is 0 Å². The van der Waals surface area contributed by atoms with E-state index in [-0.39, 0.29) is 5.25 Å². The maximum Gasteiger partial charge on any atom is 0.154 e. The monoisotopic (exact) mass is 217 g/mol. The normalized spacial score (nSPS) is 35.6. The SMILES string of the molecule is NC1(C2CCCS2(=O)=O)CCCCC1. The van der Waals surface area contributed by atoms with Gasteiger partial charge in [0.25, 0.3) is 0 Å². The van der Waals surface area contributed by atoms with Gasteiger partial charge in [-0.3, -0.25) is 0 Å². The largest absolute Gasteiger partial charge is 0.324 e. The van der Waals surface area contributed by atoms with Crippen LogP contribution in [0.5, 0.6) is 0 Å². The summed E-state index contributed by atoms with van der Waals surface area (Å²) >= 11 is 0. The van der Waals surface area contributed by atoms with Gasteiger partial charge in [0, 0.05) is 5.54 Å². The molecule has 0 radical (unpaired) electrons. The van der Waals surface area contributed by atoms with E-state index >= 15 is 0 Å². The molecule has 0 aromatic carbocycles. The van der Waals surface area contributed by atoms with E-state index in [9.17, 15) is 8.42 Å². The second-order valence-corrected chi connectivity index (χ2v) is 7.09. The Balaban J connectivity index is 2.20. The summed E-state index contributed by atoms with van der Waals surface area (Å²) < 4.78 is 23.6. The van der Waals surface area contributed by atoms with Crippen molar-refractivity contribution in [2.24, 2.45) is 5.73 Å². The molecule has 0 spiro atoms. The molecular weight excluding hydrogens is 198 g/mol. The lowest BCUT2D eigenvalue weighted by Crippen LogP contribution is -2.53. The van der Waals surface area contributed by atoms with Crippen LogP contribution in [0.25, 0.3) is 0 Å². The molecule has 0 aromatic heterocycles. The molecule has 0 bridgehead atoms. The Bertz CT molecular complexity index is 304. The number of nitrogens with two attached hydrogens (primary N) is 1. The van der Waals surface area contributed by atoms with Gasteiger partial charge in [0.2, 0.25) is 0 Å². The molecule has 2 rings (SSSR count). The Hall–Kier alpha value is -0.0900. The van der Waals surface area contributed by atoms with Gasteiger partial charge in [0.1, 0.15) is 0 Å². The summed E-state index contributed by atoms with van der Waals surface area (Å²) in [4.78, 5) is 0. The van der Waals surface area contributed by atoms with Crippen molar-refractivity contribution in [3.05, 3.63) is 0 Å². The lowest BCUT2D eigenvalue weighted by Gasteiger charge is -2.37. The fourth-order valence-electron chi connectivity index (χ4n) is 2.97. The summed E-state index contributed by atoms with van der Waals surface area (Å²) in [6, 6.07) is 0. The van der Waals surface area contributed by atoms with Gasteiger partial charge in [-0.15, -0.1) is 0 Å². The van der Waals surface area contributed by atoms with E-state index in [1.165, 1.54) is 6.42 Å². The summed E-state index contributed by atoms with van der Waals surface area (Å²) in [5.41, 5.74) is 5.87. The number of sulfone groups is 1. The molecule has 1 heterocycles. The van der Waals surface area contributed by atoms with E-state index in [1.54, 1.807) is 0 Å². The van der Waals surface area contributed by atoms with Crippen LogP contribution in [0.15, 0.2) is 0 Å². The van der Waals surface area contributed by atoms with Crippen molar-refractivity contribution in [3.8, 4) is 0 Å². The zero-order valence-electron chi connectivity index (χ0n) is 8.54. The Morgan fingerprint density at radius 1 is 1.07 bits per heavy atom. The van der Waals surface area contributed by atoms with Crippen LogP contribution in [0.4, 0.5) is 0 Å². The van der Waals surface area contributed by atoms with Gasteiger partial charge in [-0.25, -0.2) is 8.42 Å². The number of hydrogen-bond donors (Lipinski definition) is 1. The molecule has 2 fully saturated rings. The van der Waals surface area contributed by atoms with Crippen molar-refractivity contribution in [3.63, 3.8) is 0 Å². The first kappa shape index (κ1) is 10.4. The predicted octanol–water partition coefficient (Wildman–Crippen LogP) is 1.23. The minimum absolute atomic E-state index is 0.240. The second-order valence-electron chi connectivity index (χ2n) is 4.79. The quantitative estimate of drug-likeness (QED) is 0.718. The van der Waals surface area contributed by atoms with Crippen LogP contribution >= 0.6 is 0 Å². The predicted molar refractivity (Wildman–Crippen MR) is 56.8 cm³/mol. The van der Waals surface area contributed by atoms with Crippen molar-refractivity contribution >= 4 is 9.84 Å². The van der Waals surface area contributed by atoms with Crippen molar-refractivity contribution in [2.45, 2.75) is 55.7 Å². The molecule has 2 aliphatic rings. The Kier molecular flexibility index (Phi) is 2.60. The van der Waals surface area contributed by atoms with Crippen LogP contribution in [0, 0.1) is 0 Å². The molecule has 2 N–H and O–H groups in total. The van der Waals surface area contributed by atoms with Crippen LogP contribution in [0.1, 0.15) is 44.9 Å². The third-order valence-electron chi connectivity index (χ3n) is 3.75. The number of rotatable bonds is 1. The maximum absolute atomic E-state index is 11.8. The van der Waals surface area contributed by atoms with Gasteiger partial charge < -0.3 is 5.73 Å². The molecule has 0 aromatic rings. The molecule has 82 valence electrons. The third kappa shape index (κ3) is 1.70. The fraction of sp³-hybridized carbons (Fsp3) is 1.00. The van der Waals surface area contributed by atoms with E-state index in [1.807, 2.05) is 0 Å². The average Bonchev–Trinajstić information content (AvgIpc) is 2.47. The molecule has 1 saturated carbocycles. The molecule has 14 heavy (non-hydrogen) atoms. The molecule has 4 heteroatoms. The van der Waals surface area contributed by atoms with Crippen molar-refractivity contribution in [1.82, 2.24) is 0 Å². The summed E-state index contributed by atoms with van der Waals surface area (Å²) in [6.07, 6.45) is 6.81. The summed E-state index contributed by atoms with van der Waals surface area (Å²) in [6.45, 7) is 0. The van der Waals surface area contributed by atoms with Crippen LogP contribution < -0.4 is 5.73 Å². The highest BCUT2D eigenvalue weighted by Crippen LogP contribution is 2.37. The highest BCUT2D eigenvalue weighted by molar-refractivity contribution is 7.92. The topological polar surface area (TPSA) is 60.2 Å². The van der Waals surface area contributed by atoms with Gasteiger partial charge in [-0.05, 0) is 25.7 Å². The molecule has 1 saturated heterocycles. The lowest BCUT2D eigenvalue weighted by molar-refractivity contribution is 0.279. The molecule has 1 unspecified atom stereocenters. The van der Waals surface area contributed by atoms with Crippen LogP contribution in [0.2, 0.25) is 0 Å². The number of hydrogen-bond acceptors (Lipinski definition) is 3. The fourth-order valence-corrected chi connectivity index (χ4v) is 5.30. The Labute approximate surface area is 86.0 Å². The average molecular weight is 217 g/mol. The standard InChI is InChI=1S/C10H19NO2S/c11-10(6-2-1-3-7-10)9-5-4-8-14(9,12)13/h9H,1-8,11H2. The molecular formula is C10H19NO2S. The summed E-state index contributed by atoms with van der Waals surface area (Å²) in [5, 5.41) is -0.240. The van der Waals surface area contributed by atoms with Gasteiger partial charge in [-0.1, -0.05) is 19.3 Å². The Morgan fingerprint density at radius 2 is 1.71 bits per heavy atom. The second kappa shape index (κ2) is 3.49. The Morgan fingerprint density at radius 3 is 2.21 bits per heavy atom. The molecule has 0 amide bonds.